The van der Waals surface area contributed by atoms with E-state index in [0.717, 1.165) is 70.3 Å². The van der Waals surface area contributed by atoms with Crippen molar-refractivity contribution in [3.05, 3.63) is 46.5 Å². The number of unbranched alkanes of at least 4 members (excludes halogenated alkanes) is 1. The number of rotatable bonds is 12. The molecular formula is C19H29N3O2S. The van der Waals surface area contributed by atoms with E-state index in [1.165, 1.54) is 4.88 Å². The summed E-state index contributed by atoms with van der Waals surface area (Å²) in [5, 5.41) is 8.93. The lowest BCUT2D eigenvalue weighted by Crippen LogP contribution is -2.39. The van der Waals surface area contributed by atoms with E-state index in [9.17, 15) is 0 Å². The molecule has 0 unspecified atom stereocenters. The van der Waals surface area contributed by atoms with Gasteiger partial charge in [-0.2, -0.15) is 0 Å². The fraction of sp³-hybridized carbons (Fsp3) is 0.526. The van der Waals surface area contributed by atoms with Gasteiger partial charge in [-0.3, -0.25) is 4.99 Å². The number of hydrogen-bond donors (Lipinski definition) is 2. The molecule has 2 aromatic heterocycles. The van der Waals surface area contributed by atoms with Gasteiger partial charge in [0.1, 0.15) is 5.76 Å². The Labute approximate surface area is 154 Å². The minimum Gasteiger partial charge on any atom is -0.469 e. The van der Waals surface area contributed by atoms with E-state index in [1.54, 1.807) is 17.6 Å². The van der Waals surface area contributed by atoms with Gasteiger partial charge in [-0.25, -0.2) is 0 Å². The minimum atomic E-state index is 0.785. The third kappa shape index (κ3) is 8.74. The van der Waals surface area contributed by atoms with Gasteiger partial charge in [0.25, 0.3) is 0 Å². The van der Waals surface area contributed by atoms with E-state index in [0.29, 0.717) is 0 Å². The molecule has 2 rings (SSSR count). The maximum Gasteiger partial charge on any atom is 0.191 e. The van der Waals surface area contributed by atoms with Crippen molar-refractivity contribution in [2.24, 2.45) is 4.99 Å². The molecule has 0 aromatic carbocycles. The second-order valence-corrected chi connectivity index (χ2v) is 6.68. The summed E-state index contributed by atoms with van der Waals surface area (Å²) in [7, 11) is 0. The molecule has 0 bridgehead atoms. The number of guanidine groups is 1. The Morgan fingerprint density at radius 1 is 1.16 bits per heavy atom. The molecule has 5 nitrogen and oxygen atoms in total. The van der Waals surface area contributed by atoms with Crippen LogP contribution in [0, 0.1) is 0 Å². The number of hydrogen-bond acceptors (Lipinski definition) is 4. The third-order valence-electron chi connectivity index (χ3n) is 3.66. The predicted molar refractivity (Wildman–Crippen MR) is 104 cm³/mol. The Hall–Kier alpha value is -1.79. The van der Waals surface area contributed by atoms with E-state index < -0.39 is 0 Å². The molecule has 2 N–H and O–H groups in total. The number of thiophene rings is 1. The van der Waals surface area contributed by atoms with Crippen LogP contribution in [0.4, 0.5) is 0 Å². The quantitative estimate of drug-likeness (QED) is 0.344. The highest BCUT2D eigenvalue weighted by Crippen LogP contribution is 2.08. The Kier molecular flexibility index (Phi) is 9.81. The first-order valence-electron chi connectivity index (χ1n) is 9.03. The molecular weight excluding hydrogens is 334 g/mol. The molecule has 0 aliphatic rings. The van der Waals surface area contributed by atoms with Crippen molar-refractivity contribution >= 4 is 17.3 Å². The first-order valence-corrected chi connectivity index (χ1v) is 9.91. The summed E-state index contributed by atoms with van der Waals surface area (Å²) >= 11 is 1.79. The van der Waals surface area contributed by atoms with E-state index in [2.05, 4.69) is 33.1 Å². The maximum atomic E-state index is 5.37. The smallest absolute Gasteiger partial charge is 0.191 e. The molecule has 0 aliphatic heterocycles. The van der Waals surface area contributed by atoms with Gasteiger partial charge in [0.05, 0.1) is 6.26 Å². The first-order chi connectivity index (χ1) is 12.4. The Bertz CT molecular complexity index is 525. The Morgan fingerprint density at radius 2 is 2.04 bits per heavy atom. The summed E-state index contributed by atoms with van der Waals surface area (Å²) in [6, 6.07) is 8.18. The van der Waals surface area contributed by atoms with Gasteiger partial charge in [-0.15, -0.1) is 11.3 Å². The van der Waals surface area contributed by atoms with E-state index in [1.807, 2.05) is 19.1 Å². The van der Waals surface area contributed by atoms with Crippen LogP contribution in [-0.4, -0.2) is 38.8 Å². The number of nitrogens with one attached hydrogen (secondary N) is 2. The van der Waals surface area contributed by atoms with Crippen molar-refractivity contribution in [3.63, 3.8) is 0 Å². The largest absolute Gasteiger partial charge is 0.469 e. The highest BCUT2D eigenvalue weighted by Gasteiger charge is 2.01. The number of aliphatic imine (C=N–C) groups is 1. The van der Waals surface area contributed by atoms with E-state index >= 15 is 0 Å². The minimum absolute atomic E-state index is 0.785. The molecule has 0 atom stereocenters. The van der Waals surface area contributed by atoms with Crippen LogP contribution in [0.25, 0.3) is 0 Å². The summed E-state index contributed by atoms with van der Waals surface area (Å²) in [5.41, 5.74) is 0. The molecule has 0 saturated carbocycles. The molecule has 138 valence electrons. The average molecular weight is 364 g/mol. The molecule has 2 heterocycles. The lowest BCUT2D eigenvalue weighted by atomic mass is 10.3. The summed E-state index contributed by atoms with van der Waals surface area (Å²) in [4.78, 5) is 6.06. The second-order valence-electron chi connectivity index (χ2n) is 5.65. The van der Waals surface area contributed by atoms with Gasteiger partial charge in [0, 0.05) is 44.1 Å². The highest BCUT2D eigenvalue weighted by atomic mass is 32.1. The van der Waals surface area contributed by atoms with Crippen LogP contribution < -0.4 is 10.6 Å². The van der Waals surface area contributed by atoms with Crippen LogP contribution in [0.3, 0.4) is 0 Å². The monoisotopic (exact) mass is 363 g/mol. The lowest BCUT2D eigenvalue weighted by molar-refractivity contribution is 0.144. The average Bonchev–Trinajstić information content (AvgIpc) is 3.31. The number of furan rings is 1. The SMILES string of the molecule is CCOCCCCN=C(NCCc1ccco1)NCCc1cccs1. The summed E-state index contributed by atoms with van der Waals surface area (Å²) in [6.07, 6.45) is 5.66. The van der Waals surface area contributed by atoms with Crippen LogP contribution in [0.15, 0.2) is 45.3 Å². The second kappa shape index (κ2) is 12.6. The summed E-state index contributed by atoms with van der Waals surface area (Å²) < 4.78 is 10.7. The van der Waals surface area contributed by atoms with Crippen LogP contribution in [0.2, 0.25) is 0 Å². The van der Waals surface area contributed by atoms with E-state index in [-0.39, 0.29) is 0 Å². The zero-order valence-electron chi connectivity index (χ0n) is 15.0. The van der Waals surface area contributed by atoms with Crippen LogP contribution in [0.5, 0.6) is 0 Å². The third-order valence-corrected chi connectivity index (χ3v) is 4.59. The van der Waals surface area contributed by atoms with Crippen molar-refractivity contribution < 1.29 is 9.15 Å². The lowest BCUT2D eigenvalue weighted by Gasteiger charge is -2.12. The molecule has 0 spiro atoms. The van der Waals surface area contributed by atoms with Gasteiger partial charge < -0.3 is 19.8 Å². The molecule has 0 amide bonds. The maximum absolute atomic E-state index is 5.37. The molecule has 2 aromatic rings. The summed E-state index contributed by atoms with van der Waals surface area (Å²) in [5.74, 6) is 1.86. The normalized spacial score (nSPS) is 11.6. The van der Waals surface area contributed by atoms with Gasteiger partial charge in [-0.1, -0.05) is 6.07 Å². The fourth-order valence-electron chi connectivity index (χ4n) is 2.34. The molecule has 6 heteroatoms. The van der Waals surface area contributed by atoms with Crippen molar-refractivity contribution in [2.45, 2.75) is 32.6 Å². The predicted octanol–water partition coefficient (Wildman–Crippen LogP) is 3.48. The van der Waals surface area contributed by atoms with Gasteiger partial charge >= 0.3 is 0 Å². The van der Waals surface area contributed by atoms with Crippen molar-refractivity contribution in [3.8, 4) is 0 Å². The summed E-state index contributed by atoms with van der Waals surface area (Å²) in [6.45, 7) is 6.12. The fourth-order valence-corrected chi connectivity index (χ4v) is 3.05. The number of ether oxygens (including phenoxy) is 1. The van der Waals surface area contributed by atoms with Crippen LogP contribution >= 0.6 is 11.3 Å². The van der Waals surface area contributed by atoms with Crippen molar-refractivity contribution in [1.82, 2.24) is 10.6 Å². The molecule has 0 saturated heterocycles. The number of nitrogens with zero attached hydrogens (tertiary/aromatic N) is 1. The Morgan fingerprint density at radius 3 is 2.76 bits per heavy atom. The van der Waals surface area contributed by atoms with Crippen LogP contribution in [0.1, 0.15) is 30.4 Å². The zero-order chi connectivity index (χ0) is 17.6. The van der Waals surface area contributed by atoms with Gasteiger partial charge in [-0.05, 0) is 49.8 Å². The van der Waals surface area contributed by atoms with Gasteiger partial charge in [0.15, 0.2) is 5.96 Å². The Balaban J connectivity index is 1.70. The van der Waals surface area contributed by atoms with Crippen molar-refractivity contribution in [2.75, 3.05) is 32.8 Å². The van der Waals surface area contributed by atoms with Gasteiger partial charge in [0.2, 0.25) is 0 Å². The topological polar surface area (TPSA) is 58.8 Å². The van der Waals surface area contributed by atoms with Crippen LogP contribution in [-0.2, 0) is 17.6 Å². The molecule has 25 heavy (non-hydrogen) atoms. The van der Waals surface area contributed by atoms with Crippen molar-refractivity contribution in [1.29, 1.82) is 0 Å². The van der Waals surface area contributed by atoms with E-state index in [4.69, 9.17) is 9.15 Å². The molecule has 0 aliphatic carbocycles. The first kappa shape index (κ1) is 19.5. The molecule has 0 radical (unpaired) electrons. The highest BCUT2D eigenvalue weighted by molar-refractivity contribution is 7.09. The molecule has 0 fully saturated rings. The standard InChI is InChI=1S/C19H29N3O2S/c1-2-23-14-4-3-11-20-19(21-12-9-17-7-5-15-24-17)22-13-10-18-8-6-16-25-18/h5-8,15-16H,2-4,9-14H2,1H3,(H2,20,21,22). The zero-order valence-corrected chi connectivity index (χ0v) is 15.8.